The van der Waals surface area contributed by atoms with Crippen LogP contribution in [0.2, 0.25) is 0 Å². The van der Waals surface area contributed by atoms with Crippen molar-refractivity contribution < 1.29 is 9.90 Å². The molecular weight excluding hydrogens is 286 g/mol. The van der Waals surface area contributed by atoms with Gasteiger partial charge in [-0.15, -0.1) is 11.3 Å². The summed E-state index contributed by atoms with van der Waals surface area (Å²) in [5.74, 6) is 0.378. The summed E-state index contributed by atoms with van der Waals surface area (Å²) in [7, 11) is 0. The molecule has 3 rings (SSSR count). The smallest absolute Gasteiger partial charge is 0.228 e. The molecule has 21 heavy (non-hydrogen) atoms. The van der Waals surface area contributed by atoms with Crippen LogP contribution in [-0.2, 0) is 11.2 Å². The average molecular weight is 303 g/mol. The SMILES string of the molecule is O=C(Cc1csc(-c2ccc(O)cc2)n1)N1CCNCC1. The number of carbonyl (C=O) groups excluding carboxylic acids is 1. The monoisotopic (exact) mass is 303 g/mol. The van der Waals surface area contributed by atoms with Gasteiger partial charge >= 0.3 is 0 Å². The van der Waals surface area contributed by atoms with Gasteiger partial charge in [0.1, 0.15) is 10.8 Å². The van der Waals surface area contributed by atoms with Crippen LogP contribution in [0.25, 0.3) is 10.6 Å². The van der Waals surface area contributed by atoms with Crippen LogP contribution in [0.5, 0.6) is 5.75 Å². The highest BCUT2D eigenvalue weighted by Crippen LogP contribution is 2.25. The van der Waals surface area contributed by atoms with Crippen molar-refractivity contribution >= 4 is 17.2 Å². The fraction of sp³-hybridized carbons (Fsp3) is 0.333. The summed E-state index contributed by atoms with van der Waals surface area (Å²) in [6.07, 6.45) is 0.356. The minimum Gasteiger partial charge on any atom is -0.508 e. The van der Waals surface area contributed by atoms with Crippen LogP contribution >= 0.6 is 11.3 Å². The van der Waals surface area contributed by atoms with E-state index in [9.17, 15) is 9.90 Å². The number of nitrogens with one attached hydrogen (secondary N) is 1. The molecule has 0 bridgehead atoms. The van der Waals surface area contributed by atoms with Gasteiger partial charge in [0.25, 0.3) is 0 Å². The van der Waals surface area contributed by atoms with Gasteiger partial charge in [-0.05, 0) is 24.3 Å². The summed E-state index contributed by atoms with van der Waals surface area (Å²) in [6, 6.07) is 6.94. The Morgan fingerprint density at radius 3 is 2.71 bits per heavy atom. The topological polar surface area (TPSA) is 65.5 Å². The number of piperazine rings is 1. The Hall–Kier alpha value is -1.92. The van der Waals surface area contributed by atoms with Gasteiger partial charge in [0.05, 0.1) is 12.1 Å². The lowest BCUT2D eigenvalue weighted by molar-refractivity contribution is -0.131. The number of nitrogens with zero attached hydrogens (tertiary/aromatic N) is 2. The summed E-state index contributed by atoms with van der Waals surface area (Å²) in [6.45, 7) is 3.27. The molecule has 1 aromatic heterocycles. The van der Waals surface area contributed by atoms with Gasteiger partial charge in [0.2, 0.25) is 5.91 Å². The molecule has 110 valence electrons. The molecule has 0 radical (unpaired) electrons. The van der Waals surface area contributed by atoms with Crippen molar-refractivity contribution in [3.05, 3.63) is 35.3 Å². The summed E-state index contributed by atoms with van der Waals surface area (Å²) in [5, 5.41) is 15.3. The van der Waals surface area contributed by atoms with Crippen LogP contribution in [-0.4, -0.2) is 47.1 Å². The molecule has 0 spiro atoms. The molecule has 2 N–H and O–H groups in total. The van der Waals surface area contributed by atoms with Gasteiger partial charge in [-0.25, -0.2) is 4.98 Å². The fourth-order valence-electron chi connectivity index (χ4n) is 2.31. The van der Waals surface area contributed by atoms with Gasteiger partial charge < -0.3 is 15.3 Å². The molecule has 1 aliphatic rings. The van der Waals surface area contributed by atoms with Crippen LogP contribution in [0.15, 0.2) is 29.6 Å². The number of aromatic nitrogens is 1. The largest absolute Gasteiger partial charge is 0.508 e. The second kappa shape index (κ2) is 6.24. The molecule has 0 aliphatic carbocycles. The summed E-state index contributed by atoms with van der Waals surface area (Å²) < 4.78 is 0. The number of phenols is 1. The Labute approximate surface area is 127 Å². The number of carbonyl (C=O) groups is 1. The third-order valence-corrected chi connectivity index (χ3v) is 4.41. The molecule has 1 amide bonds. The van der Waals surface area contributed by atoms with Crippen molar-refractivity contribution in [3.8, 4) is 16.3 Å². The second-order valence-corrected chi connectivity index (χ2v) is 5.86. The summed E-state index contributed by atoms with van der Waals surface area (Å²) >= 11 is 1.52. The molecule has 0 unspecified atom stereocenters. The molecule has 0 atom stereocenters. The third-order valence-electron chi connectivity index (χ3n) is 3.47. The van der Waals surface area contributed by atoms with E-state index in [-0.39, 0.29) is 11.7 Å². The normalized spacial score (nSPS) is 15.1. The first-order valence-electron chi connectivity index (χ1n) is 6.95. The lowest BCUT2D eigenvalue weighted by Gasteiger charge is -2.27. The van der Waals surface area contributed by atoms with Crippen LogP contribution in [0, 0.1) is 0 Å². The Morgan fingerprint density at radius 1 is 1.29 bits per heavy atom. The quantitative estimate of drug-likeness (QED) is 0.901. The van der Waals surface area contributed by atoms with Crippen molar-refractivity contribution in [1.29, 1.82) is 0 Å². The van der Waals surface area contributed by atoms with E-state index in [2.05, 4.69) is 10.3 Å². The van der Waals surface area contributed by atoms with Crippen LogP contribution < -0.4 is 5.32 Å². The Kier molecular flexibility index (Phi) is 4.17. The lowest BCUT2D eigenvalue weighted by Crippen LogP contribution is -2.46. The first kappa shape index (κ1) is 14.0. The highest BCUT2D eigenvalue weighted by Gasteiger charge is 2.17. The molecule has 6 heteroatoms. The van der Waals surface area contributed by atoms with Crippen molar-refractivity contribution in [2.45, 2.75) is 6.42 Å². The zero-order chi connectivity index (χ0) is 14.7. The maximum absolute atomic E-state index is 12.2. The van der Waals surface area contributed by atoms with E-state index in [0.717, 1.165) is 42.4 Å². The molecule has 1 fully saturated rings. The molecule has 2 heterocycles. The number of hydrogen-bond donors (Lipinski definition) is 2. The minimum absolute atomic E-state index is 0.138. The number of aromatic hydroxyl groups is 1. The standard InChI is InChI=1S/C15H17N3O2S/c19-13-3-1-11(2-4-13)15-17-12(10-21-15)9-14(20)18-7-5-16-6-8-18/h1-4,10,16,19H,5-9H2. The molecule has 1 saturated heterocycles. The van der Waals surface area contributed by atoms with Gasteiger partial charge in [-0.2, -0.15) is 0 Å². The van der Waals surface area contributed by atoms with Gasteiger partial charge in [0, 0.05) is 37.1 Å². The van der Waals surface area contributed by atoms with Crippen LogP contribution in [0.1, 0.15) is 5.69 Å². The van der Waals surface area contributed by atoms with E-state index in [0.29, 0.717) is 6.42 Å². The van der Waals surface area contributed by atoms with E-state index in [4.69, 9.17) is 0 Å². The van der Waals surface area contributed by atoms with Gasteiger partial charge in [0.15, 0.2) is 0 Å². The number of amides is 1. The summed E-state index contributed by atoms with van der Waals surface area (Å²) in [4.78, 5) is 18.6. The van der Waals surface area contributed by atoms with E-state index >= 15 is 0 Å². The predicted octanol–water partition coefficient (Wildman–Crippen LogP) is 1.49. The number of phenolic OH excluding ortho intramolecular Hbond substituents is 1. The zero-order valence-corrected chi connectivity index (χ0v) is 12.4. The maximum atomic E-state index is 12.2. The van der Waals surface area contributed by atoms with Crippen molar-refractivity contribution in [1.82, 2.24) is 15.2 Å². The first-order valence-corrected chi connectivity index (χ1v) is 7.82. The van der Waals surface area contributed by atoms with Crippen molar-refractivity contribution in [2.24, 2.45) is 0 Å². The summed E-state index contributed by atoms with van der Waals surface area (Å²) in [5.41, 5.74) is 1.77. The van der Waals surface area contributed by atoms with Crippen LogP contribution in [0.4, 0.5) is 0 Å². The molecule has 1 aromatic carbocycles. The maximum Gasteiger partial charge on any atom is 0.228 e. The molecule has 1 aliphatic heterocycles. The molecular formula is C15H17N3O2S. The highest BCUT2D eigenvalue weighted by atomic mass is 32.1. The number of benzene rings is 1. The van der Waals surface area contributed by atoms with E-state index in [1.807, 2.05) is 22.4 Å². The molecule has 5 nitrogen and oxygen atoms in total. The van der Waals surface area contributed by atoms with Crippen LogP contribution in [0.3, 0.4) is 0 Å². The highest BCUT2D eigenvalue weighted by molar-refractivity contribution is 7.13. The average Bonchev–Trinajstić information content (AvgIpc) is 2.97. The number of thiazole rings is 1. The van der Waals surface area contributed by atoms with E-state index in [1.165, 1.54) is 11.3 Å². The van der Waals surface area contributed by atoms with E-state index in [1.54, 1.807) is 12.1 Å². The Bertz CT molecular complexity index is 618. The second-order valence-electron chi connectivity index (χ2n) is 5.00. The number of hydrogen-bond acceptors (Lipinski definition) is 5. The molecule has 2 aromatic rings. The van der Waals surface area contributed by atoms with Crippen molar-refractivity contribution in [2.75, 3.05) is 26.2 Å². The third kappa shape index (κ3) is 3.40. The first-order chi connectivity index (χ1) is 10.2. The van der Waals surface area contributed by atoms with E-state index < -0.39 is 0 Å². The number of rotatable bonds is 3. The van der Waals surface area contributed by atoms with Crippen molar-refractivity contribution in [3.63, 3.8) is 0 Å². The Balaban J connectivity index is 1.67. The minimum atomic E-state index is 0.138. The van der Waals surface area contributed by atoms with Gasteiger partial charge in [-0.3, -0.25) is 4.79 Å². The fourth-order valence-corrected chi connectivity index (χ4v) is 3.13. The molecule has 0 saturated carbocycles. The Morgan fingerprint density at radius 2 is 2.00 bits per heavy atom. The predicted molar refractivity (Wildman–Crippen MR) is 82.4 cm³/mol. The zero-order valence-electron chi connectivity index (χ0n) is 11.6. The van der Waals surface area contributed by atoms with Gasteiger partial charge in [-0.1, -0.05) is 0 Å². The lowest BCUT2D eigenvalue weighted by atomic mass is 10.2.